The second-order valence-electron chi connectivity index (χ2n) is 8.25. The number of oxime groups is 1. The average Bonchev–Trinajstić information content (AvgIpc) is 2.90. The predicted molar refractivity (Wildman–Crippen MR) is 132 cm³/mol. The highest BCUT2D eigenvalue weighted by atomic mass is 19.1. The van der Waals surface area contributed by atoms with Gasteiger partial charge in [0.1, 0.15) is 11.5 Å². The lowest BCUT2D eigenvalue weighted by Gasteiger charge is -2.28. The Kier molecular flexibility index (Phi) is 8.11. The van der Waals surface area contributed by atoms with Gasteiger partial charge in [0.25, 0.3) is 0 Å². The van der Waals surface area contributed by atoms with Crippen molar-refractivity contribution in [2.45, 2.75) is 26.2 Å². The maximum atomic E-state index is 13.4. The summed E-state index contributed by atoms with van der Waals surface area (Å²) in [5.74, 6) is -1.46. The lowest BCUT2D eigenvalue weighted by molar-refractivity contribution is -0.142. The maximum absolute atomic E-state index is 13.4. The zero-order valence-corrected chi connectivity index (χ0v) is 20.0. The van der Waals surface area contributed by atoms with E-state index in [1.54, 1.807) is 12.3 Å². The van der Waals surface area contributed by atoms with Crippen molar-refractivity contribution in [1.82, 2.24) is 9.38 Å². The summed E-state index contributed by atoms with van der Waals surface area (Å²) < 4.78 is 25.6. The molecule has 0 saturated carbocycles. The molecule has 0 spiro atoms. The second kappa shape index (κ2) is 11.6. The molecular weight excluding hydrogens is 469 g/mol. The molecule has 1 fully saturated rings. The molecule has 36 heavy (non-hydrogen) atoms. The van der Waals surface area contributed by atoms with Gasteiger partial charge in [-0.1, -0.05) is 30.6 Å². The molecule has 0 radical (unpaired) electrons. The molecule has 0 unspecified atom stereocenters. The Hall–Kier alpha value is -3.99. The molecule has 3 heterocycles. The van der Waals surface area contributed by atoms with Gasteiger partial charge in [-0.2, -0.15) is 0 Å². The van der Waals surface area contributed by atoms with E-state index >= 15 is 0 Å². The Morgan fingerprint density at radius 2 is 1.94 bits per heavy atom. The molecule has 3 aromatic rings. The fraction of sp³-hybridized carbons (Fsp3) is 0.360. The van der Waals surface area contributed by atoms with Gasteiger partial charge in [0.2, 0.25) is 5.75 Å². The molecule has 1 aliphatic rings. The van der Waals surface area contributed by atoms with Crippen molar-refractivity contribution in [2.24, 2.45) is 10.9 Å². The highest BCUT2D eigenvalue weighted by Crippen LogP contribution is 2.19. The molecule has 1 aromatic carbocycles. The van der Waals surface area contributed by atoms with E-state index in [1.165, 1.54) is 28.7 Å². The zero-order valence-electron chi connectivity index (χ0n) is 20.0. The van der Waals surface area contributed by atoms with Gasteiger partial charge < -0.3 is 24.9 Å². The number of hydrogen-bond acceptors (Lipinski definition) is 8. The van der Waals surface area contributed by atoms with Crippen LogP contribution in [0.15, 0.2) is 52.5 Å². The molecular formula is C25H28FN5O5. The van der Waals surface area contributed by atoms with Crippen LogP contribution in [-0.4, -0.2) is 54.1 Å². The number of aromatic nitrogens is 2. The number of rotatable bonds is 9. The molecule has 0 amide bonds. The molecule has 4 rings (SSSR count). The summed E-state index contributed by atoms with van der Waals surface area (Å²) in [5, 5.41) is 3.69. The van der Waals surface area contributed by atoms with Gasteiger partial charge in [0, 0.05) is 19.3 Å². The summed E-state index contributed by atoms with van der Waals surface area (Å²) in [7, 11) is 0. The summed E-state index contributed by atoms with van der Waals surface area (Å²) in [6.07, 6.45) is 3.17. The van der Waals surface area contributed by atoms with Gasteiger partial charge in [-0.25, -0.2) is 14.2 Å². The Morgan fingerprint density at radius 1 is 1.19 bits per heavy atom. The molecule has 2 N–H and O–H groups in total. The number of morpholine rings is 1. The van der Waals surface area contributed by atoms with Crippen LogP contribution in [-0.2, 0) is 20.8 Å². The summed E-state index contributed by atoms with van der Waals surface area (Å²) in [6.45, 7) is 4.95. The summed E-state index contributed by atoms with van der Waals surface area (Å²) in [4.78, 5) is 37.1. The van der Waals surface area contributed by atoms with Gasteiger partial charge in [-0.05, 0) is 36.2 Å². The lowest BCUT2D eigenvalue weighted by Crippen LogP contribution is -2.36. The maximum Gasteiger partial charge on any atom is 0.339 e. The number of nitrogens with two attached hydrogens (primary N) is 1. The molecule has 0 bridgehead atoms. The number of halogens is 1. The topological polar surface area (TPSA) is 121 Å². The first-order valence-corrected chi connectivity index (χ1v) is 11.8. The SMILES string of the molecule is CCCCOc1c(/C(N)=N/OC(=O)Cc2ccc(F)cc2)nc2ccc(N3CCOCC3)cn2c1=O. The van der Waals surface area contributed by atoms with E-state index in [4.69, 9.17) is 20.0 Å². The highest BCUT2D eigenvalue weighted by molar-refractivity contribution is 5.98. The van der Waals surface area contributed by atoms with Crippen molar-refractivity contribution in [3.63, 3.8) is 0 Å². The van der Waals surface area contributed by atoms with Crippen LogP contribution in [0.3, 0.4) is 0 Å². The lowest BCUT2D eigenvalue weighted by atomic mass is 10.1. The molecule has 1 aliphatic heterocycles. The van der Waals surface area contributed by atoms with Crippen LogP contribution >= 0.6 is 0 Å². The van der Waals surface area contributed by atoms with Crippen molar-refractivity contribution in [2.75, 3.05) is 37.8 Å². The summed E-state index contributed by atoms with van der Waals surface area (Å²) in [6, 6.07) is 9.01. The monoisotopic (exact) mass is 497 g/mol. The Balaban J connectivity index is 1.62. The van der Waals surface area contributed by atoms with E-state index in [1.807, 2.05) is 13.0 Å². The fourth-order valence-corrected chi connectivity index (χ4v) is 3.69. The van der Waals surface area contributed by atoms with Crippen LogP contribution in [0, 0.1) is 5.82 Å². The number of carbonyl (C=O) groups excluding carboxylic acids is 1. The summed E-state index contributed by atoms with van der Waals surface area (Å²) in [5.41, 5.74) is 7.37. The number of unbranched alkanes of at least 4 members (excludes halogenated alkanes) is 1. The van der Waals surface area contributed by atoms with E-state index in [0.717, 1.165) is 18.5 Å². The third-order valence-corrected chi connectivity index (χ3v) is 5.64. The number of nitrogens with zero attached hydrogens (tertiary/aromatic N) is 4. The number of benzene rings is 1. The van der Waals surface area contributed by atoms with Crippen LogP contribution in [0.25, 0.3) is 5.65 Å². The van der Waals surface area contributed by atoms with Crippen molar-refractivity contribution >= 4 is 23.1 Å². The number of fused-ring (bicyclic) bond motifs is 1. The van der Waals surface area contributed by atoms with Gasteiger partial charge in [0.05, 0.1) is 31.9 Å². The number of amidine groups is 1. The van der Waals surface area contributed by atoms with Crippen molar-refractivity contribution in [3.8, 4) is 5.75 Å². The van der Waals surface area contributed by atoms with Crippen molar-refractivity contribution in [1.29, 1.82) is 0 Å². The van der Waals surface area contributed by atoms with Crippen LogP contribution in [0.2, 0.25) is 0 Å². The minimum atomic E-state index is -0.703. The smallest absolute Gasteiger partial charge is 0.339 e. The molecule has 0 aliphatic carbocycles. The van der Waals surface area contributed by atoms with E-state index in [0.29, 0.717) is 37.5 Å². The Morgan fingerprint density at radius 3 is 2.67 bits per heavy atom. The molecule has 10 nitrogen and oxygen atoms in total. The van der Waals surface area contributed by atoms with Crippen molar-refractivity contribution < 1.29 is 23.5 Å². The first kappa shape index (κ1) is 25.1. The molecule has 190 valence electrons. The first-order chi connectivity index (χ1) is 17.5. The van der Waals surface area contributed by atoms with E-state index in [9.17, 15) is 14.0 Å². The third-order valence-electron chi connectivity index (χ3n) is 5.64. The molecule has 0 atom stereocenters. The summed E-state index contributed by atoms with van der Waals surface area (Å²) >= 11 is 0. The number of hydrogen-bond donors (Lipinski definition) is 1. The van der Waals surface area contributed by atoms with E-state index in [2.05, 4.69) is 15.0 Å². The number of anilines is 1. The zero-order chi connectivity index (χ0) is 25.5. The fourth-order valence-electron chi connectivity index (χ4n) is 3.69. The van der Waals surface area contributed by atoms with Gasteiger partial charge in [0.15, 0.2) is 11.5 Å². The number of ether oxygens (including phenoxy) is 2. The Labute approximate surface area is 207 Å². The normalized spacial score (nSPS) is 14.2. The van der Waals surface area contributed by atoms with E-state index in [-0.39, 0.29) is 30.3 Å². The Bertz CT molecular complexity index is 1300. The van der Waals surface area contributed by atoms with Crippen LogP contribution in [0.5, 0.6) is 5.75 Å². The van der Waals surface area contributed by atoms with Gasteiger partial charge in [-0.3, -0.25) is 9.20 Å². The number of carbonyl (C=O) groups is 1. The van der Waals surface area contributed by atoms with Gasteiger partial charge in [-0.15, -0.1) is 0 Å². The van der Waals surface area contributed by atoms with Crippen LogP contribution < -0.4 is 20.9 Å². The molecule has 11 heteroatoms. The van der Waals surface area contributed by atoms with Crippen LogP contribution in [0.4, 0.5) is 10.1 Å². The largest absolute Gasteiger partial charge is 0.486 e. The van der Waals surface area contributed by atoms with Gasteiger partial charge >= 0.3 is 11.5 Å². The average molecular weight is 498 g/mol. The molecule has 2 aromatic heterocycles. The second-order valence-corrected chi connectivity index (χ2v) is 8.25. The minimum Gasteiger partial charge on any atom is -0.486 e. The first-order valence-electron chi connectivity index (χ1n) is 11.8. The van der Waals surface area contributed by atoms with Crippen molar-refractivity contribution in [3.05, 3.63) is 70.0 Å². The molecule has 1 saturated heterocycles. The van der Waals surface area contributed by atoms with E-state index < -0.39 is 17.3 Å². The number of pyridine rings is 1. The highest BCUT2D eigenvalue weighted by Gasteiger charge is 2.20. The standard InChI is InChI=1S/C25H28FN5O5/c1-2-3-12-35-23-22(24(27)29-36-21(32)15-17-4-6-18(26)7-5-17)28-20-9-8-19(16-31(20)25(23)33)30-10-13-34-14-11-30/h4-9,16H,2-3,10-15H2,1H3,(H2,27,29). The third kappa shape index (κ3) is 5.98. The predicted octanol–water partition coefficient (Wildman–Crippen LogP) is 2.26. The quantitative estimate of drug-likeness (QED) is 0.157. The minimum absolute atomic E-state index is 0.00944. The van der Waals surface area contributed by atoms with Crippen LogP contribution in [0.1, 0.15) is 31.0 Å².